The summed E-state index contributed by atoms with van der Waals surface area (Å²) in [4.78, 5) is 12.4. The molecule has 2 amide bonds. The van der Waals surface area contributed by atoms with Gasteiger partial charge >= 0.3 is 12.4 Å². The fraction of sp³-hybridized carbons (Fsp3) is 0.235. The molecule has 2 N–H and O–H groups in total. The van der Waals surface area contributed by atoms with Gasteiger partial charge in [0.05, 0.1) is 16.7 Å². The van der Waals surface area contributed by atoms with Crippen molar-refractivity contribution in [2.24, 2.45) is 0 Å². The summed E-state index contributed by atoms with van der Waals surface area (Å²) in [5, 5.41) is 5.07. The summed E-state index contributed by atoms with van der Waals surface area (Å²) in [7, 11) is -3.39. The van der Waals surface area contributed by atoms with Crippen molar-refractivity contribution in [1.82, 2.24) is 5.32 Å². The van der Waals surface area contributed by atoms with Gasteiger partial charge in [-0.05, 0) is 30.2 Å². The predicted octanol–water partition coefficient (Wildman–Crippen LogP) is 3.63. The smallest absolute Gasteiger partial charge is 0.406 e. The van der Waals surface area contributed by atoms with Gasteiger partial charge in [-0.2, -0.15) is 0 Å². The lowest BCUT2D eigenvalue weighted by molar-refractivity contribution is -0.274. The minimum Gasteiger partial charge on any atom is -0.406 e. The third kappa shape index (κ3) is 4.70. The standard InChI is InChI=1S/C17H15F3N2O4S/c18-17(19,20)26-12-5-3-4-11(10-12)21-16(23)22-14-8-9-27(24,25)15-7-2-1-6-13(14)15/h1-7,10,14H,8-9H2,(H2,21,22,23). The fourth-order valence-corrected chi connectivity index (χ4v) is 4.46. The summed E-state index contributed by atoms with van der Waals surface area (Å²) in [6, 6.07) is 10.0. The van der Waals surface area contributed by atoms with E-state index in [1.54, 1.807) is 18.2 Å². The summed E-state index contributed by atoms with van der Waals surface area (Å²) in [5.74, 6) is -0.571. The maximum atomic E-state index is 12.3. The quantitative estimate of drug-likeness (QED) is 0.824. The molecule has 1 atom stereocenters. The highest BCUT2D eigenvalue weighted by atomic mass is 32.2. The lowest BCUT2D eigenvalue weighted by Crippen LogP contribution is -2.36. The Morgan fingerprint density at radius 1 is 1.11 bits per heavy atom. The Balaban J connectivity index is 1.71. The first-order valence-electron chi connectivity index (χ1n) is 7.89. The van der Waals surface area contributed by atoms with E-state index in [0.29, 0.717) is 5.56 Å². The normalized spacial score (nSPS) is 18.3. The molecule has 0 spiro atoms. The van der Waals surface area contributed by atoms with Gasteiger partial charge in [0.2, 0.25) is 0 Å². The van der Waals surface area contributed by atoms with Crippen LogP contribution in [0.2, 0.25) is 0 Å². The van der Waals surface area contributed by atoms with Gasteiger partial charge in [-0.3, -0.25) is 0 Å². The molecule has 27 heavy (non-hydrogen) atoms. The van der Waals surface area contributed by atoms with E-state index in [1.165, 1.54) is 18.2 Å². The van der Waals surface area contributed by atoms with Gasteiger partial charge in [0.25, 0.3) is 0 Å². The number of hydrogen-bond acceptors (Lipinski definition) is 4. The molecule has 1 aliphatic rings. The Labute approximate surface area is 153 Å². The number of alkyl halides is 3. The van der Waals surface area contributed by atoms with Crippen molar-refractivity contribution < 1.29 is 31.1 Å². The number of sulfone groups is 1. The molecular weight excluding hydrogens is 385 g/mol. The monoisotopic (exact) mass is 400 g/mol. The van der Waals surface area contributed by atoms with Gasteiger partial charge in [-0.25, -0.2) is 13.2 Å². The van der Waals surface area contributed by atoms with Crippen molar-refractivity contribution in [2.75, 3.05) is 11.1 Å². The van der Waals surface area contributed by atoms with Crippen LogP contribution in [0.25, 0.3) is 0 Å². The number of ether oxygens (including phenoxy) is 1. The van der Waals surface area contributed by atoms with Gasteiger partial charge in [-0.15, -0.1) is 13.2 Å². The molecule has 0 saturated heterocycles. The molecule has 0 saturated carbocycles. The zero-order valence-electron chi connectivity index (χ0n) is 13.8. The fourth-order valence-electron chi connectivity index (χ4n) is 2.84. The maximum absolute atomic E-state index is 12.3. The Bertz CT molecular complexity index is 961. The van der Waals surface area contributed by atoms with Crippen LogP contribution in [0.1, 0.15) is 18.0 Å². The highest BCUT2D eigenvalue weighted by Crippen LogP contribution is 2.32. The van der Waals surface area contributed by atoms with Gasteiger partial charge in [0.1, 0.15) is 5.75 Å². The molecule has 0 radical (unpaired) electrons. The molecular formula is C17H15F3N2O4S. The average Bonchev–Trinajstić information content (AvgIpc) is 2.56. The molecule has 2 aromatic rings. The number of halogens is 3. The van der Waals surface area contributed by atoms with Crippen LogP contribution in [0.5, 0.6) is 5.75 Å². The minimum absolute atomic E-state index is 0.103. The van der Waals surface area contributed by atoms with E-state index in [2.05, 4.69) is 15.4 Å². The molecule has 1 heterocycles. The maximum Gasteiger partial charge on any atom is 0.573 e. The number of carbonyl (C=O) groups excluding carboxylic acids is 1. The zero-order chi connectivity index (χ0) is 19.7. The number of carbonyl (C=O) groups is 1. The van der Waals surface area contributed by atoms with Crippen molar-refractivity contribution >= 4 is 21.6 Å². The molecule has 3 rings (SSSR count). The lowest BCUT2D eigenvalue weighted by atomic mass is 10.0. The molecule has 10 heteroatoms. The molecule has 6 nitrogen and oxygen atoms in total. The van der Waals surface area contributed by atoms with Crippen LogP contribution < -0.4 is 15.4 Å². The van der Waals surface area contributed by atoms with Crippen LogP contribution in [-0.4, -0.2) is 26.6 Å². The SMILES string of the molecule is O=C(Nc1cccc(OC(F)(F)F)c1)NC1CCS(=O)(=O)c2ccccc21. The first-order chi connectivity index (χ1) is 12.6. The molecule has 0 aromatic heterocycles. The summed E-state index contributed by atoms with van der Waals surface area (Å²) in [5.41, 5.74) is 0.582. The third-order valence-corrected chi connectivity index (χ3v) is 5.75. The molecule has 2 aromatic carbocycles. The summed E-state index contributed by atoms with van der Waals surface area (Å²) >= 11 is 0. The number of nitrogens with one attached hydrogen (secondary N) is 2. The number of anilines is 1. The second-order valence-corrected chi connectivity index (χ2v) is 7.95. The van der Waals surface area contributed by atoms with Crippen LogP contribution in [-0.2, 0) is 9.84 Å². The van der Waals surface area contributed by atoms with Crippen molar-refractivity contribution in [2.45, 2.75) is 23.7 Å². The Hall–Kier alpha value is -2.75. The third-order valence-electron chi connectivity index (χ3n) is 3.94. The summed E-state index contributed by atoms with van der Waals surface area (Å²) in [6.45, 7) is 0. The first-order valence-corrected chi connectivity index (χ1v) is 9.54. The van der Waals surface area contributed by atoms with Crippen molar-refractivity contribution in [1.29, 1.82) is 0 Å². The summed E-state index contributed by atoms with van der Waals surface area (Å²) in [6.07, 6.45) is -4.64. The van der Waals surface area contributed by atoms with Crippen LogP contribution >= 0.6 is 0 Å². The second kappa shape index (κ2) is 7.10. The predicted molar refractivity (Wildman–Crippen MR) is 91.1 cm³/mol. The van der Waals surface area contributed by atoms with Crippen molar-refractivity contribution in [3.05, 3.63) is 54.1 Å². The first kappa shape index (κ1) is 19.0. The zero-order valence-corrected chi connectivity index (χ0v) is 14.6. The van der Waals surface area contributed by atoms with E-state index in [4.69, 9.17) is 0 Å². The van der Waals surface area contributed by atoms with E-state index in [-0.39, 0.29) is 22.8 Å². The van der Waals surface area contributed by atoms with E-state index >= 15 is 0 Å². The minimum atomic E-state index is -4.84. The largest absolute Gasteiger partial charge is 0.573 e. The van der Waals surface area contributed by atoms with Crippen molar-refractivity contribution in [3.63, 3.8) is 0 Å². The van der Waals surface area contributed by atoms with E-state index < -0.39 is 34.0 Å². The number of urea groups is 1. The topological polar surface area (TPSA) is 84.5 Å². The molecule has 0 bridgehead atoms. The van der Waals surface area contributed by atoms with Gasteiger partial charge < -0.3 is 15.4 Å². The molecule has 144 valence electrons. The Morgan fingerprint density at radius 2 is 1.85 bits per heavy atom. The Kier molecular flexibility index (Phi) is 5.01. The number of hydrogen-bond donors (Lipinski definition) is 2. The van der Waals surface area contributed by atoms with E-state index in [0.717, 1.165) is 12.1 Å². The number of amides is 2. The summed E-state index contributed by atoms with van der Waals surface area (Å²) < 4.78 is 64.9. The van der Waals surface area contributed by atoms with Gasteiger partial charge in [0.15, 0.2) is 9.84 Å². The molecule has 0 aliphatic carbocycles. The Morgan fingerprint density at radius 3 is 2.59 bits per heavy atom. The second-order valence-electron chi connectivity index (χ2n) is 5.87. The lowest BCUT2D eigenvalue weighted by Gasteiger charge is -2.26. The molecule has 1 aliphatic heterocycles. The van der Waals surface area contributed by atoms with Crippen LogP contribution in [0.4, 0.5) is 23.7 Å². The molecule has 0 fully saturated rings. The van der Waals surface area contributed by atoms with Gasteiger partial charge in [-0.1, -0.05) is 24.3 Å². The van der Waals surface area contributed by atoms with Crippen LogP contribution in [0.3, 0.4) is 0 Å². The van der Waals surface area contributed by atoms with E-state index in [1.807, 2.05) is 0 Å². The highest BCUT2D eigenvalue weighted by molar-refractivity contribution is 7.91. The number of fused-ring (bicyclic) bond motifs is 1. The number of rotatable bonds is 3. The van der Waals surface area contributed by atoms with Crippen LogP contribution in [0, 0.1) is 0 Å². The van der Waals surface area contributed by atoms with Crippen LogP contribution in [0.15, 0.2) is 53.4 Å². The highest BCUT2D eigenvalue weighted by Gasteiger charge is 2.32. The van der Waals surface area contributed by atoms with Gasteiger partial charge in [0, 0.05) is 11.8 Å². The molecule has 1 unspecified atom stereocenters. The number of benzene rings is 2. The van der Waals surface area contributed by atoms with Crippen molar-refractivity contribution in [3.8, 4) is 5.75 Å². The van der Waals surface area contributed by atoms with E-state index in [9.17, 15) is 26.4 Å². The average molecular weight is 400 g/mol.